The van der Waals surface area contributed by atoms with Gasteiger partial charge in [-0.25, -0.2) is 9.18 Å². The average molecular weight is 587 g/mol. The van der Waals surface area contributed by atoms with Crippen molar-refractivity contribution in [1.82, 2.24) is 0 Å². The Morgan fingerprint density at radius 2 is 1.73 bits per heavy atom. The number of esters is 1. The van der Waals surface area contributed by atoms with Gasteiger partial charge in [-0.15, -0.1) is 0 Å². The summed E-state index contributed by atoms with van der Waals surface area (Å²) in [6.45, 7) is 2.46. The number of fused-ring (bicyclic) bond motifs is 2. The van der Waals surface area contributed by atoms with E-state index in [1.165, 1.54) is 12.1 Å². The Morgan fingerprint density at radius 1 is 0.932 bits per heavy atom. The Bertz CT molecular complexity index is 1940. The summed E-state index contributed by atoms with van der Waals surface area (Å²) in [6.07, 6.45) is 0. The highest BCUT2D eigenvalue weighted by Gasteiger charge is 2.32. The molecular formula is C36H27FN2O5. The first-order valence-corrected chi connectivity index (χ1v) is 14.0. The van der Waals surface area contributed by atoms with Crippen LogP contribution in [0.2, 0.25) is 0 Å². The van der Waals surface area contributed by atoms with E-state index in [4.69, 9.17) is 24.7 Å². The number of carbonyl (C=O) groups is 1. The van der Waals surface area contributed by atoms with Crippen LogP contribution in [0, 0.1) is 17.1 Å². The average Bonchev–Trinajstić information content (AvgIpc) is 3.04. The Hall–Kier alpha value is -5.81. The van der Waals surface area contributed by atoms with Gasteiger partial charge in [0.05, 0.1) is 18.1 Å². The van der Waals surface area contributed by atoms with Crippen molar-refractivity contribution in [3.05, 3.63) is 143 Å². The van der Waals surface area contributed by atoms with Crippen LogP contribution in [0.25, 0.3) is 10.8 Å². The van der Waals surface area contributed by atoms with Crippen LogP contribution >= 0.6 is 0 Å². The molecule has 1 unspecified atom stereocenters. The number of halogens is 1. The molecule has 7 nitrogen and oxygen atoms in total. The van der Waals surface area contributed by atoms with E-state index >= 15 is 0 Å². The van der Waals surface area contributed by atoms with Crippen LogP contribution in [0.15, 0.2) is 115 Å². The molecule has 218 valence electrons. The molecule has 0 saturated carbocycles. The van der Waals surface area contributed by atoms with E-state index in [-0.39, 0.29) is 29.6 Å². The highest BCUT2D eigenvalue weighted by molar-refractivity contribution is 6.05. The SMILES string of the molecule is CCOc1cc(C2C(C#N)=C(N)Oc3cc(OC(=O)c4cccc5ccccc45)ccc32)ccc1OCc1ccc(F)cc1. The third-order valence-electron chi connectivity index (χ3n) is 7.32. The fourth-order valence-corrected chi connectivity index (χ4v) is 5.24. The second-order valence-corrected chi connectivity index (χ2v) is 10.1. The van der Waals surface area contributed by atoms with Crippen LogP contribution in [-0.4, -0.2) is 12.6 Å². The molecule has 0 bridgehead atoms. The predicted molar refractivity (Wildman–Crippen MR) is 163 cm³/mol. The zero-order valence-electron chi connectivity index (χ0n) is 23.8. The number of carbonyl (C=O) groups excluding carboxylic acids is 1. The van der Waals surface area contributed by atoms with Crippen LogP contribution < -0.4 is 24.7 Å². The summed E-state index contributed by atoms with van der Waals surface area (Å²) in [7, 11) is 0. The molecule has 0 aliphatic carbocycles. The maximum atomic E-state index is 13.3. The van der Waals surface area contributed by atoms with Crippen LogP contribution in [0.1, 0.15) is 39.9 Å². The number of allylic oxidation sites excluding steroid dienone is 1. The van der Waals surface area contributed by atoms with E-state index in [2.05, 4.69) is 6.07 Å². The lowest BCUT2D eigenvalue weighted by Crippen LogP contribution is -2.21. The zero-order chi connectivity index (χ0) is 30.6. The van der Waals surface area contributed by atoms with Gasteiger partial charge in [0.15, 0.2) is 11.5 Å². The van der Waals surface area contributed by atoms with Crippen LogP contribution in [0.5, 0.6) is 23.0 Å². The highest BCUT2D eigenvalue weighted by Crippen LogP contribution is 2.45. The third kappa shape index (κ3) is 5.63. The Balaban J connectivity index is 1.30. The number of rotatable bonds is 8. The maximum Gasteiger partial charge on any atom is 0.344 e. The Labute approximate surface area is 253 Å². The molecule has 0 amide bonds. The molecular weight excluding hydrogens is 559 g/mol. The number of nitrogens with zero attached hydrogens (tertiary/aromatic N) is 1. The van der Waals surface area contributed by atoms with Crippen molar-refractivity contribution in [1.29, 1.82) is 5.26 Å². The molecule has 5 aromatic rings. The van der Waals surface area contributed by atoms with E-state index in [9.17, 15) is 14.4 Å². The molecule has 0 radical (unpaired) electrons. The predicted octanol–water partition coefficient (Wildman–Crippen LogP) is 7.39. The molecule has 5 aromatic carbocycles. The normalized spacial score (nSPS) is 13.9. The number of nitrogens with two attached hydrogens (primary N) is 1. The fraction of sp³-hybridized carbons (Fsp3) is 0.111. The standard InChI is InChI=1S/C36H27FN2O5/c1-2-41-33-18-24(12-17-31(33)42-21-22-10-13-25(37)14-11-22)34-29-16-15-26(19-32(29)44-35(39)30(34)20-38)43-36(40)28-9-5-7-23-6-3-4-8-27(23)28/h3-19,34H,2,21,39H2,1H3. The lowest BCUT2D eigenvalue weighted by Gasteiger charge is -2.27. The van der Waals surface area contributed by atoms with E-state index in [0.29, 0.717) is 35.0 Å². The van der Waals surface area contributed by atoms with Crippen molar-refractivity contribution in [2.24, 2.45) is 5.73 Å². The summed E-state index contributed by atoms with van der Waals surface area (Å²) in [4.78, 5) is 13.2. The van der Waals surface area contributed by atoms with Gasteiger partial charge in [-0.05, 0) is 65.2 Å². The first-order valence-electron chi connectivity index (χ1n) is 14.0. The van der Waals surface area contributed by atoms with Gasteiger partial charge in [-0.3, -0.25) is 0 Å². The maximum absolute atomic E-state index is 13.3. The molecule has 0 aromatic heterocycles. The molecule has 1 aliphatic heterocycles. The van der Waals surface area contributed by atoms with Gasteiger partial charge >= 0.3 is 5.97 Å². The molecule has 44 heavy (non-hydrogen) atoms. The molecule has 1 aliphatic rings. The van der Waals surface area contributed by atoms with E-state index < -0.39 is 11.9 Å². The minimum atomic E-state index is -0.572. The second-order valence-electron chi connectivity index (χ2n) is 10.1. The molecule has 8 heteroatoms. The summed E-state index contributed by atoms with van der Waals surface area (Å²) < 4.78 is 36.8. The van der Waals surface area contributed by atoms with Gasteiger partial charge < -0.3 is 24.7 Å². The summed E-state index contributed by atoms with van der Waals surface area (Å²) in [5, 5.41) is 11.8. The molecule has 0 saturated heterocycles. The molecule has 1 atom stereocenters. The monoisotopic (exact) mass is 586 g/mol. The first kappa shape index (κ1) is 28.3. The summed E-state index contributed by atoms with van der Waals surface area (Å²) in [6, 6.07) is 31.7. The van der Waals surface area contributed by atoms with Gasteiger partial charge in [-0.1, -0.05) is 60.7 Å². The van der Waals surface area contributed by atoms with Gasteiger partial charge in [0.2, 0.25) is 5.88 Å². The second kappa shape index (κ2) is 12.2. The minimum Gasteiger partial charge on any atom is -0.490 e. The van der Waals surface area contributed by atoms with Gasteiger partial charge in [0.1, 0.15) is 35.6 Å². The number of benzene rings is 5. The summed E-state index contributed by atoms with van der Waals surface area (Å²) >= 11 is 0. The smallest absolute Gasteiger partial charge is 0.344 e. The quantitative estimate of drug-likeness (QED) is 0.149. The third-order valence-corrected chi connectivity index (χ3v) is 7.32. The van der Waals surface area contributed by atoms with Gasteiger partial charge in [-0.2, -0.15) is 5.26 Å². The minimum absolute atomic E-state index is 0.0443. The van der Waals surface area contributed by atoms with Gasteiger partial charge in [0, 0.05) is 11.6 Å². The number of hydrogen-bond acceptors (Lipinski definition) is 7. The lowest BCUT2D eigenvalue weighted by molar-refractivity contribution is 0.0736. The zero-order valence-corrected chi connectivity index (χ0v) is 23.8. The molecule has 2 N–H and O–H groups in total. The number of ether oxygens (including phenoxy) is 4. The van der Waals surface area contributed by atoms with E-state index in [1.54, 1.807) is 42.5 Å². The van der Waals surface area contributed by atoms with Crippen LogP contribution in [-0.2, 0) is 6.61 Å². The molecule has 0 fully saturated rings. The van der Waals surface area contributed by atoms with Gasteiger partial charge in [0.25, 0.3) is 0 Å². The number of nitriles is 1. The first-order chi connectivity index (χ1) is 21.4. The lowest BCUT2D eigenvalue weighted by atomic mass is 9.83. The largest absolute Gasteiger partial charge is 0.490 e. The van der Waals surface area contributed by atoms with Crippen LogP contribution in [0.3, 0.4) is 0 Å². The molecule has 1 heterocycles. The topological polar surface area (TPSA) is 104 Å². The fourth-order valence-electron chi connectivity index (χ4n) is 5.24. The van der Waals surface area contributed by atoms with Crippen molar-refractivity contribution in [2.75, 3.05) is 6.61 Å². The Kier molecular flexibility index (Phi) is 7.85. The summed E-state index contributed by atoms with van der Waals surface area (Å²) in [5.41, 5.74) is 9.11. The van der Waals surface area contributed by atoms with E-state index in [1.807, 2.05) is 55.5 Å². The number of hydrogen-bond donors (Lipinski definition) is 1. The summed E-state index contributed by atoms with van der Waals surface area (Å²) in [5.74, 6) is 0.176. The van der Waals surface area contributed by atoms with Crippen LogP contribution in [0.4, 0.5) is 4.39 Å². The van der Waals surface area contributed by atoms with Crippen molar-refractivity contribution in [3.63, 3.8) is 0 Å². The highest BCUT2D eigenvalue weighted by atomic mass is 19.1. The Morgan fingerprint density at radius 3 is 2.52 bits per heavy atom. The van der Waals surface area contributed by atoms with Crippen molar-refractivity contribution in [3.8, 4) is 29.1 Å². The van der Waals surface area contributed by atoms with Crippen molar-refractivity contribution >= 4 is 16.7 Å². The van der Waals surface area contributed by atoms with Crippen molar-refractivity contribution in [2.45, 2.75) is 19.4 Å². The van der Waals surface area contributed by atoms with Crippen molar-refractivity contribution < 1.29 is 28.1 Å². The van der Waals surface area contributed by atoms with E-state index in [0.717, 1.165) is 21.9 Å². The molecule has 6 rings (SSSR count). The molecule has 0 spiro atoms.